The maximum absolute atomic E-state index is 12.3. The van der Waals surface area contributed by atoms with Crippen molar-refractivity contribution in [1.82, 2.24) is 4.98 Å². The number of hydrogen-bond acceptors (Lipinski definition) is 3. The van der Waals surface area contributed by atoms with Crippen LogP contribution in [-0.4, -0.2) is 25.0 Å². The largest absolute Gasteiger partial charge is 0.496 e. The number of hydrogen-bond donors (Lipinski definition) is 0. The summed E-state index contributed by atoms with van der Waals surface area (Å²) in [5.74, 6) is 1.30. The lowest BCUT2D eigenvalue weighted by molar-refractivity contribution is -0.117. The van der Waals surface area contributed by atoms with Crippen molar-refractivity contribution in [1.29, 1.82) is 0 Å². The van der Waals surface area contributed by atoms with Crippen molar-refractivity contribution < 1.29 is 9.53 Å². The number of anilines is 1. The molecule has 1 heterocycles. The minimum atomic E-state index is -0.0377. The Balaban J connectivity index is 2.13. The minimum absolute atomic E-state index is 0.0377. The van der Waals surface area contributed by atoms with Crippen LogP contribution in [-0.2, 0) is 11.2 Å². The Morgan fingerprint density at radius 3 is 2.70 bits per heavy atom. The molecule has 0 unspecified atom stereocenters. The summed E-state index contributed by atoms with van der Waals surface area (Å²) in [6.07, 6.45) is 1.94. The van der Waals surface area contributed by atoms with Gasteiger partial charge in [0.1, 0.15) is 11.6 Å². The topological polar surface area (TPSA) is 42.4 Å². The molecule has 0 N–H and O–H groups in total. The number of aromatic nitrogens is 1. The number of rotatable bonds is 4. The number of likely N-dealkylation sites (N-methyl/N-ethyl adjacent to an activating group) is 1. The molecule has 1 aromatic heterocycles. The van der Waals surface area contributed by atoms with Crippen molar-refractivity contribution in [2.24, 2.45) is 0 Å². The number of carbonyl (C=O) groups is 1. The number of carbonyl (C=O) groups excluding carboxylic acids is 1. The van der Waals surface area contributed by atoms with Gasteiger partial charge in [0.2, 0.25) is 5.91 Å². The SMILES string of the molecule is COc1ccccc1CC(=O)N(C)c1ccc(Br)cn1. The van der Waals surface area contributed by atoms with Crippen molar-refractivity contribution in [2.45, 2.75) is 6.42 Å². The van der Waals surface area contributed by atoms with E-state index in [0.29, 0.717) is 5.82 Å². The summed E-state index contributed by atoms with van der Waals surface area (Å²) in [5.41, 5.74) is 0.865. The Labute approximate surface area is 126 Å². The highest BCUT2D eigenvalue weighted by Gasteiger charge is 2.14. The maximum atomic E-state index is 12.3. The highest BCUT2D eigenvalue weighted by Crippen LogP contribution is 2.20. The van der Waals surface area contributed by atoms with E-state index in [1.807, 2.05) is 30.3 Å². The molecule has 0 aliphatic heterocycles. The molecule has 104 valence electrons. The van der Waals surface area contributed by atoms with Crippen LogP contribution in [0.2, 0.25) is 0 Å². The third-order valence-corrected chi connectivity index (χ3v) is 3.43. The van der Waals surface area contributed by atoms with E-state index >= 15 is 0 Å². The molecule has 1 aromatic carbocycles. The van der Waals surface area contributed by atoms with Crippen LogP contribution in [0.3, 0.4) is 0 Å². The van der Waals surface area contributed by atoms with E-state index in [-0.39, 0.29) is 12.3 Å². The second-order valence-corrected chi connectivity index (χ2v) is 5.19. The number of halogens is 1. The molecular weight excluding hydrogens is 320 g/mol. The van der Waals surface area contributed by atoms with Crippen molar-refractivity contribution in [3.63, 3.8) is 0 Å². The monoisotopic (exact) mass is 334 g/mol. The summed E-state index contributed by atoms with van der Waals surface area (Å²) in [4.78, 5) is 18.0. The highest BCUT2D eigenvalue weighted by atomic mass is 79.9. The van der Waals surface area contributed by atoms with Crippen molar-refractivity contribution >= 4 is 27.7 Å². The lowest BCUT2D eigenvalue weighted by Crippen LogP contribution is -2.28. The molecule has 0 saturated carbocycles. The number of methoxy groups -OCH3 is 1. The minimum Gasteiger partial charge on any atom is -0.496 e. The van der Waals surface area contributed by atoms with Gasteiger partial charge in [-0.2, -0.15) is 0 Å². The average Bonchev–Trinajstić information content (AvgIpc) is 2.48. The van der Waals surface area contributed by atoms with E-state index < -0.39 is 0 Å². The molecule has 4 nitrogen and oxygen atoms in total. The summed E-state index contributed by atoms with van der Waals surface area (Å²) >= 11 is 3.32. The molecule has 0 bridgehead atoms. The zero-order valence-corrected chi connectivity index (χ0v) is 12.9. The Morgan fingerprint density at radius 1 is 1.30 bits per heavy atom. The van der Waals surface area contributed by atoms with E-state index in [1.54, 1.807) is 31.3 Å². The molecule has 20 heavy (non-hydrogen) atoms. The van der Waals surface area contributed by atoms with Gasteiger partial charge in [0, 0.05) is 23.3 Å². The number of amides is 1. The lowest BCUT2D eigenvalue weighted by atomic mass is 10.1. The third-order valence-electron chi connectivity index (χ3n) is 2.96. The lowest BCUT2D eigenvalue weighted by Gasteiger charge is -2.17. The molecule has 0 radical (unpaired) electrons. The molecular formula is C15H15BrN2O2. The summed E-state index contributed by atoms with van der Waals surface area (Å²) < 4.78 is 6.14. The van der Waals surface area contributed by atoms with E-state index in [9.17, 15) is 4.79 Å². The second kappa shape index (κ2) is 6.52. The molecule has 0 spiro atoms. The van der Waals surface area contributed by atoms with Gasteiger partial charge in [-0.3, -0.25) is 9.69 Å². The number of ether oxygens (including phenoxy) is 1. The van der Waals surface area contributed by atoms with E-state index in [0.717, 1.165) is 15.8 Å². The molecule has 5 heteroatoms. The summed E-state index contributed by atoms with van der Waals surface area (Å²) in [5, 5.41) is 0. The van der Waals surface area contributed by atoms with Crippen LogP contribution in [0.15, 0.2) is 47.1 Å². The zero-order valence-electron chi connectivity index (χ0n) is 11.3. The predicted octanol–water partition coefficient (Wildman–Crippen LogP) is 3.06. The van der Waals surface area contributed by atoms with Gasteiger partial charge in [-0.15, -0.1) is 0 Å². The number of nitrogens with zero attached hydrogens (tertiary/aromatic N) is 2. The number of para-hydroxylation sites is 1. The quantitative estimate of drug-likeness (QED) is 0.862. The van der Waals surface area contributed by atoms with Crippen LogP contribution in [0.25, 0.3) is 0 Å². The van der Waals surface area contributed by atoms with Gasteiger partial charge in [0.05, 0.1) is 13.5 Å². The first-order valence-electron chi connectivity index (χ1n) is 6.12. The van der Waals surface area contributed by atoms with Crippen LogP contribution in [0, 0.1) is 0 Å². The number of pyridine rings is 1. The van der Waals surface area contributed by atoms with Gasteiger partial charge in [0.25, 0.3) is 0 Å². The van der Waals surface area contributed by atoms with Crippen LogP contribution in [0.1, 0.15) is 5.56 Å². The highest BCUT2D eigenvalue weighted by molar-refractivity contribution is 9.10. The molecule has 0 atom stereocenters. The first-order valence-corrected chi connectivity index (χ1v) is 6.91. The van der Waals surface area contributed by atoms with Crippen LogP contribution < -0.4 is 9.64 Å². The number of benzene rings is 1. The Hall–Kier alpha value is -1.88. The first-order chi connectivity index (χ1) is 9.61. The fourth-order valence-corrected chi connectivity index (χ4v) is 2.06. The van der Waals surface area contributed by atoms with Crippen molar-refractivity contribution in [2.75, 3.05) is 19.1 Å². The van der Waals surface area contributed by atoms with Crippen molar-refractivity contribution in [3.8, 4) is 5.75 Å². The van der Waals surface area contributed by atoms with Crippen LogP contribution in [0.5, 0.6) is 5.75 Å². The molecule has 2 rings (SSSR count). The van der Waals surface area contributed by atoms with E-state index in [4.69, 9.17) is 4.74 Å². The molecule has 1 amide bonds. The maximum Gasteiger partial charge on any atom is 0.232 e. The molecule has 0 aliphatic rings. The second-order valence-electron chi connectivity index (χ2n) is 4.28. The molecule has 0 aliphatic carbocycles. The third kappa shape index (κ3) is 3.36. The fourth-order valence-electron chi connectivity index (χ4n) is 1.82. The van der Waals surface area contributed by atoms with E-state index in [1.165, 1.54) is 0 Å². The summed E-state index contributed by atoms with van der Waals surface area (Å²) in [7, 11) is 3.32. The van der Waals surface area contributed by atoms with Gasteiger partial charge in [0.15, 0.2) is 0 Å². The van der Waals surface area contributed by atoms with Crippen molar-refractivity contribution in [3.05, 3.63) is 52.6 Å². The van der Waals surface area contributed by atoms with E-state index in [2.05, 4.69) is 20.9 Å². The fraction of sp³-hybridized carbons (Fsp3) is 0.200. The molecule has 0 saturated heterocycles. The van der Waals surface area contributed by atoms with Crippen LogP contribution >= 0.6 is 15.9 Å². The summed E-state index contributed by atoms with van der Waals surface area (Å²) in [6, 6.07) is 11.2. The normalized spacial score (nSPS) is 10.2. The smallest absolute Gasteiger partial charge is 0.232 e. The van der Waals surface area contributed by atoms with Gasteiger partial charge in [-0.05, 0) is 34.1 Å². The Bertz CT molecular complexity index is 599. The van der Waals surface area contributed by atoms with Gasteiger partial charge in [-0.1, -0.05) is 18.2 Å². The Morgan fingerprint density at radius 2 is 2.05 bits per heavy atom. The predicted molar refractivity (Wildman–Crippen MR) is 82.0 cm³/mol. The average molecular weight is 335 g/mol. The van der Waals surface area contributed by atoms with Gasteiger partial charge >= 0.3 is 0 Å². The summed E-state index contributed by atoms with van der Waals surface area (Å²) in [6.45, 7) is 0. The zero-order chi connectivity index (χ0) is 14.5. The van der Waals surface area contributed by atoms with Gasteiger partial charge < -0.3 is 4.74 Å². The molecule has 0 fully saturated rings. The van der Waals surface area contributed by atoms with Gasteiger partial charge in [-0.25, -0.2) is 4.98 Å². The Kier molecular flexibility index (Phi) is 4.74. The molecule has 2 aromatic rings. The first kappa shape index (κ1) is 14.5. The van der Waals surface area contributed by atoms with Crippen LogP contribution in [0.4, 0.5) is 5.82 Å². The standard InChI is InChI=1S/C15H15BrN2O2/c1-18(14-8-7-12(16)10-17-14)15(19)9-11-5-3-4-6-13(11)20-2/h3-8,10H,9H2,1-2H3.